The second kappa shape index (κ2) is 7.90. The van der Waals surface area contributed by atoms with Crippen LogP contribution in [0.25, 0.3) is 16.8 Å². The van der Waals surface area contributed by atoms with E-state index in [1.54, 1.807) is 47.9 Å². The molecule has 0 aliphatic rings. The van der Waals surface area contributed by atoms with Crippen LogP contribution in [0.4, 0.5) is 19.1 Å². The minimum atomic E-state index is -4.34. The average molecular weight is 427 g/mol. The van der Waals surface area contributed by atoms with Gasteiger partial charge in [0.1, 0.15) is 17.8 Å². The molecule has 4 aromatic rings. The van der Waals surface area contributed by atoms with E-state index in [1.165, 1.54) is 12.4 Å². The predicted molar refractivity (Wildman–Crippen MR) is 111 cm³/mol. The number of nitrogens with one attached hydrogen (secondary N) is 1. The van der Waals surface area contributed by atoms with E-state index < -0.39 is 12.6 Å². The molecule has 1 unspecified atom stereocenters. The number of nitrogens with zero attached hydrogens (tertiary/aromatic N) is 4. The van der Waals surface area contributed by atoms with Crippen LogP contribution in [0.5, 0.6) is 5.75 Å². The Morgan fingerprint density at radius 3 is 2.68 bits per heavy atom. The van der Waals surface area contributed by atoms with Crippen LogP contribution in [0.1, 0.15) is 29.7 Å². The third-order valence-electron chi connectivity index (χ3n) is 4.98. The highest BCUT2D eigenvalue weighted by atomic mass is 19.4. The number of hydrogen-bond donors (Lipinski definition) is 2. The summed E-state index contributed by atoms with van der Waals surface area (Å²) in [5, 5.41) is 21.4. The van der Waals surface area contributed by atoms with Crippen molar-refractivity contribution in [2.45, 2.75) is 32.5 Å². The fraction of sp³-hybridized carbons (Fsp3) is 0.227. The van der Waals surface area contributed by atoms with Gasteiger partial charge in [0.15, 0.2) is 0 Å². The topological polar surface area (TPSA) is 75.3 Å². The Labute approximate surface area is 176 Å². The van der Waals surface area contributed by atoms with Gasteiger partial charge in [-0.05, 0) is 37.1 Å². The fourth-order valence-corrected chi connectivity index (χ4v) is 3.51. The van der Waals surface area contributed by atoms with E-state index in [2.05, 4.69) is 20.5 Å². The van der Waals surface area contributed by atoms with Gasteiger partial charge in [0.2, 0.25) is 5.95 Å². The zero-order valence-electron chi connectivity index (χ0n) is 16.9. The molecule has 2 aromatic carbocycles. The summed E-state index contributed by atoms with van der Waals surface area (Å²) in [7, 11) is 0. The molecular weight excluding hydrogens is 407 g/mol. The van der Waals surface area contributed by atoms with Crippen molar-refractivity contribution in [3.8, 4) is 17.0 Å². The van der Waals surface area contributed by atoms with Crippen molar-refractivity contribution in [2.75, 3.05) is 5.32 Å². The Morgan fingerprint density at radius 1 is 1.13 bits per heavy atom. The highest BCUT2D eigenvalue weighted by molar-refractivity contribution is 5.79. The molecule has 0 amide bonds. The Hall–Kier alpha value is -3.62. The summed E-state index contributed by atoms with van der Waals surface area (Å²) in [6.07, 6.45) is -2.32. The molecule has 4 rings (SSSR count). The van der Waals surface area contributed by atoms with Gasteiger partial charge < -0.3 is 10.4 Å². The molecular formula is C22H20F3N5O. The average Bonchev–Trinajstić information content (AvgIpc) is 3.18. The molecule has 0 spiro atoms. The lowest BCUT2D eigenvalue weighted by atomic mass is 9.98. The van der Waals surface area contributed by atoms with Crippen molar-refractivity contribution in [3.63, 3.8) is 0 Å². The van der Waals surface area contributed by atoms with Gasteiger partial charge >= 0.3 is 6.18 Å². The normalized spacial score (nSPS) is 12.8. The first-order valence-corrected chi connectivity index (χ1v) is 9.62. The Morgan fingerprint density at radius 2 is 1.94 bits per heavy atom. The first kappa shape index (κ1) is 20.6. The van der Waals surface area contributed by atoms with Crippen LogP contribution in [-0.2, 0) is 6.42 Å². The largest absolute Gasteiger partial charge is 0.508 e. The second-order valence-corrected chi connectivity index (χ2v) is 7.43. The molecule has 2 aromatic heterocycles. The number of fused-ring (bicyclic) bond motifs is 1. The maximum Gasteiger partial charge on any atom is 0.393 e. The van der Waals surface area contributed by atoms with Crippen LogP contribution >= 0.6 is 0 Å². The number of phenolic OH excluding ortho intramolecular Hbond substituents is 1. The molecule has 0 saturated carbocycles. The van der Waals surface area contributed by atoms with E-state index in [0.29, 0.717) is 22.7 Å². The highest BCUT2D eigenvalue weighted by Gasteiger charge is 2.30. The minimum Gasteiger partial charge on any atom is -0.508 e. The van der Waals surface area contributed by atoms with Gasteiger partial charge in [-0.3, -0.25) is 4.40 Å². The predicted octanol–water partition coefficient (Wildman–Crippen LogP) is 5.08. The van der Waals surface area contributed by atoms with Crippen LogP contribution in [0.15, 0.2) is 55.0 Å². The molecule has 6 nitrogen and oxygen atoms in total. The quantitative estimate of drug-likeness (QED) is 0.464. The smallest absolute Gasteiger partial charge is 0.393 e. The van der Waals surface area contributed by atoms with E-state index in [4.69, 9.17) is 0 Å². The molecule has 0 saturated heterocycles. The zero-order chi connectivity index (χ0) is 22.2. The standard InChI is InChI=1S/C22H20F3N5O/c1-13-6-7-18(16(8-13)10-22(23,24)25)20-19-11-26-12-30(19)21(29-28-20)27-14(2)15-4-3-5-17(31)9-15/h3-9,11-12,14,31H,10H2,1-2H3,(H,27,29). The monoisotopic (exact) mass is 427 g/mol. The van der Waals surface area contributed by atoms with Crippen molar-refractivity contribution >= 4 is 11.5 Å². The fourth-order valence-electron chi connectivity index (χ4n) is 3.51. The van der Waals surface area contributed by atoms with Crippen LogP contribution in [0.2, 0.25) is 0 Å². The minimum absolute atomic E-state index is 0.138. The number of aryl methyl sites for hydroxylation is 1. The summed E-state index contributed by atoms with van der Waals surface area (Å²) in [6, 6.07) is 11.5. The first-order valence-electron chi connectivity index (χ1n) is 9.62. The third kappa shape index (κ3) is 4.45. The van der Waals surface area contributed by atoms with Gasteiger partial charge in [-0.2, -0.15) is 13.2 Å². The molecule has 0 aliphatic carbocycles. The number of aromatic nitrogens is 4. The van der Waals surface area contributed by atoms with Crippen molar-refractivity contribution in [1.29, 1.82) is 0 Å². The molecule has 0 radical (unpaired) electrons. The first-order chi connectivity index (χ1) is 14.7. The molecule has 9 heteroatoms. The third-order valence-corrected chi connectivity index (χ3v) is 4.98. The van der Waals surface area contributed by atoms with Gasteiger partial charge in [-0.25, -0.2) is 4.98 Å². The van der Waals surface area contributed by atoms with Gasteiger partial charge in [-0.1, -0.05) is 35.9 Å². The van der Waals surface area contributed by atoms with Crippen molar-refractivity contribution < 1.29 is 18.3 Å². The van der Waals surface area contributed by atoms with E-state index in [9.17, 15) is 18.3 Å². The van der Waals surface area contributed by atoms with Crippen LogP contribution in [0.3, 0.4) is 0 Å². The van der Waals surface area contributed by atoms with Crippen LogP contribution in [0, 0.1) is 6.92 Å². The molecule has 0 bridgehead atoms. The lowest BCUT2D eigenvalue weighted by molar-refractivity contribution is -0.127. The lowest BCUT2D eigenvalue weighted by Gasteiger charge is -2.17. The highest BCUT2D eigenvalue weighted by Crippen LogP contribution is 2.32. The van der Waals surface area contributed by atoms with Crippen molar-refractivity contribution in [1.82, 2.24) is 19.6 Å². The molecule has 1 atom stereocenters. The molecule has 31 heavy (non-hydrogen) atoms. The Kier molecular flexibility index (Phi) is 5.26. The summed E-state index contributed by atoms with van der Waals surface area (Å²) in [4.78, 5) is 4.14. The maximum absolute atomic E-state index is 13.1. The SMILES string of the molecule is Cc1ccc(-c2nnc(NC(C)c3cccc(O)c3)n3cncc23)c(CC(F)(F)F)c1. The molecule has 160 valence electrons. The van der Waals surface area contributed by atoms with E-state index in [1.807, 2.05) is 13.0 Å². The van der Waals surface area contributed by atoms with E-state index in [-0.39, 0.29) is 17.4 Å². The van der Waals surface area contributed by atoms with E-state index >= 15 is 0 Å². The molecule has 2 N–H and O–H groups in total. The summed E-state index contributed by atoms with van der Waals surface area (Å²) < 4.78 is 41.1. The number of phenols is 1. The van der Waals surface area contributed by atoms with Gasteiger partial charge in [-0.15, -0.1) is 10.2 Å². The number of benzene rings is 2. The lowest BCUT2D eigenvalue weighted by Crippen LogP contribution is -2.14. The van der Waals surface area contributed by atoms with Crippen LogP contribution < -0.4 is 5.32 Å². The summed E-state index contributed by atoms with van der Waals surface area (Å²) >= 11 is 0. The summed E-state index contributed by atoms with van der Waals surface area (Å²) in [6.45, 7) is 3.65. The van der Waals surface area contributed by atoms with Gasteiger partial charge in [0, 0.05) is 5.56 Å². The summed E-state index contributed by atoms with van der Waals surface area (Å²) in [5.41, 5.74) is 2.94. The number of anilines is 1. The number of aromatic hydroxyl groups is 1. The number of imidazole rings is 1. The maximum atomic E-state index is 13.1. The van der Waals surface area contributed by atoms with Gasteiger partial charge in [0.05, 0.1) is 24.2 Å². The van der Waals surface area contributed by atoms with Crippen molar-refractivity contribution in [2.24, 2.45) is 0 Å². The zero-order valence-corrected chi connectivity index (χ0v) is 16.9. The second-order valence-electron chi connectivity index (χ2n) is 7.43. The van der Waals surface area contributed by atoms with Crippen molar-refractivity contribution in [3.05, 3.63) is 71.7 Å². The number of alkyl halides is 3. The Balaban J connectivity index is 1.74. The Bertz CT molecular complexity index is 1240. The number of halogens is 3. The van der Waals surface area contributed by atoms with E-state index in [0.717, 1.165) is 11.1 Å². The number of rotatable bonds is 5. The summed E-state index contributed by atoms with van der Waals surface area (Å²) in [5.74, 6) is 0.536. The number of hydrogen-bond acceptors (Lipinski definition) is 5. The molecule has 0 fully saturated rings. The molecule has 2 heterocycles. The van der Waals surface area contributed by atoms with Crippen LogP contribution in [-0.4, -0.2) is 30.9 Å². The van der Waals surface area contributed by atoms with Gasteiger partial charge in [0.25, 0.3) is 0 Å². The molecule has 0 aliphatic heterocycles.